The molecule has 0 bridgehead atoms. The number of rotatable bonds is 2. The first-order valence-corrected chi connectivity index (χ1v) is 8.67. The van der Waals surface area contributed by atoms with Gasteiger partial charge in [0, 0.05) is 18.5 Å². The zero-order valence-corrected chi connectivity index (χ0v) is 14.8. The molecule has 3 aliphatic rings. The summed E-state index contributed by atoms with van der Waals surface area (Å²) in [6.45, 7) is 9.91. The van der Waals surface area contributed by atoms with Crippen molar-refractivity contribution in [2.45, 2.75) is 51.8 Å². The van der Waals surface area contributed by atoms with Crippen LogP contribution in [0.4, 0.5) is 4.79 Å². The van der Waals surface area contributed by atoms with Crippen LogP contribution >= 0.6 is 0 Å². The van der Waals surface area contributed by atoms with Gasteiger partial charge in [0.15, 0.2) is 0 Å². The van der Waals surface area contributed by atoms with Gasteiger partial charge in [-0.2, -0.15) is 5.10 Å². The van der Waals surface area contributed by atoms with E-state index in [1.807, 2.05) is 31.9 Å². The topological polar surface area (TPSA) is 56.6 Å². The minimum absolute atomic E-state index is 0.206. The highest BCUT2D eigenvalue weighted by atomic mass is 16.6. The monoisotopic (exact) mass is 331 g/mol. The van der Waals surface area contributed by atoms with E-state index in [0.717, 1.165) is 19.6 Å². The Balaban J connectivity index is 1.56. The molecule has 2 unspecified atom stereocenters. The number of ether oxygens (including phenoxy) is 2. The number of fused-ring (bicyclic) bond motifs is 1. The van der Waals surface area contributed by atoms with Gasteiger partial charge in [-0.05, 0) is 45.3 Å². The second-order valence-corrected chi connectivity index (χ2v) is 8.01. The fourth-order valence-corrected chi connectivity index (χ4v) is 3.60. The Bertz CT molecular complexity index is 697. The molecule has 2 fully saturated rings. The molecule has 6 nitrogen and oxygen atoms in total. The molecule has 24 heavy (non-hydrogen) atoms. The van der Waals surface area contributed by atoms with E-state index in [-0.39, 0.29) is 12.1 Å². The Morgan fingerprint density at radius 1 is 1.38 bits per heavy atom. The van der Waals surface area contributed by atoms with Crippen LogP contribution in [0.2, 0.25) is 0 Å². The van der Waals surface area contributed by atoms with Crippen molar-refractivity contribution in [3.8, 4) is 0 Å². The number of nitrogens with zero attached hydrogens (tertiary/aromatic N) is 3. The largest absolute Gasteiger partial charge is 0.444 e. The Labute approximate surface area is 142 Å². The van der Waals surface area contributed by atoms with E-state index in [9.17, 15) is 4.79 Å². The summed E-state index contributed by atoms with van der Waals surface area (Å²) < 4.78 is 13.0. The Hall–Kier alpha value is -1.82. The number of aryl methyl sites for hydroxylation is 1. The number of carbonyl (C=O) groups excluding carboxylic acids is 1. The third-order valence-corrected chi connectivity index (χ3v) is 4.91. The molecule has 1 aliphatic carbocycles. The molecule has 130 valence electrons. The number of hydrogen-bond donors (Lipinski definition) is 0. The van der Waals surface area contributed by atoms with Crippen LogP contribution in [0.15, 0.2) is 12.3 Å². The zero-order valence-electron chi connectivity index (χ0n) is 14.8. The average Bonchev–Trinajstić information content (AvgIpc) is 3.13. The van der Waals surface area contributed by atoms with Gasteiger partial charge in [-0.15, -0.1) is 0 Å². The van der Waals surface area contributed by atoms with Crippen LogP contribution in [-0.4, -0.2) is 52.2 Å². The van der Waals surface area contributed by atoms with Crippen molar-refractivity contribution < 1.29 is 14.3 Å². The molecule has 0 aromatic carbocycles. The molecule has 0 spiro atoms. The lowest BCUT2D eigenvalue weighted by Gasteiger charge is -2.31. The van der Waals surface area contributed by atoms with Gasteiger partial charge in [0.05, 0.1) is 31.1 Å². The third-order valence-electron chi connectivity index (χ3n) is 4.91. The molecule has 3 heterocycles. The summed E-state index contributed by atoms with van der Waals surface area (Å²) in [5, 5.41) is 4.56. The molecule has 2 aliphatic heterocycles. The predicted octanol–water partition coefficient (Wildman–Crippen LogP) is 2.79. The third kappa shape index (κ3) is 2.62. The van der Waals surface area contributed by atoms with Crippen LogP contribution in [-0.2, 0) is 9.47 Å². The molecule has 6 heteroatoms. The molecular formula is C18H25N3O3. The molecule has 1 aromatic heterocycles. The summed E-state index contributed by atoms with van der Waals surface area (Å²) in [5.41, 5.74) is 3.30. The quantitative estimate of drug-likeness (QED) is 0.836. The van der Waals surface area contributed by atoms with E-state index in [1.54, 1.807) is 0 Å². The maximum Gasteiger partial charge on any atom is 0.410 e. The van der Waals surface area contributed by atoms with Crippen LogP contribution in [0.1, 0.15) is 44.5 Å². The van der Waals surface area contributed by atoms with Crippen LogP contribution in [0.3, 0.4) is 0 Å². The summed E-state index contributed by atoms with van der Waals surface area (Å²) in [4.78, 5) is 14.2. The molecule has 2 atom stereocenters. The normalized spacial score (nSPS) is 26.5. The van der Waals surface area contributed by atoms with Crippen molar-refractivity contribution in [3.05, 3.63) is 23.5 Å². The molecule has 1 saturated carbocycles. The van der Waals surface area contributed by atoms with E-state index in [4.69, 9.17) is 9.47 Å². The first-order chi connectivity index (χ1) is 11.3. The van der Waals surface area contributed by atoms with Crippen molar-refractivity contribution in [2.24, 2.45) is 5.92 Å². The summed E-state index contributed by atoms with van der Waals surface area (Å²) in [6.07, 6.45) is 4.92. The standard InChI is InChI=1S/C18H25N3O3/c1-11-8-19-21(12-9-23-10-12)16(11)13-5-6-20(15-7-14(13)15)17(22)24-18(2,3)4/h5,8,12,14-15H,6-7,9-10H2,1-4H3. The smallest absolute Gasteiger partial charge is 0.410 e. The SMILES string of the molecule is Cc1cnn(C2COC2)c1C1=CCN(C(=O)OC(C)(C)C)C2CC12. The van der Waals surface area contributed by atoms with Crippen molar-refractivity contribution in [1.29, 1.82) is 0 Å². The van der Waals surface area contributed by atoms with Gasteiger partial charge in [-0.25, -0.2) is 4.79 Å². The number of amides is 1. The fourth-order valence-electron chi connectivity index (χ4n) is 3.60. The van der Waals surface area contributed by atoms with Gasteiger partial charge < -0.3 is 14.4 Å². The molecular weight excluding hydrogens is 306 g/mol. The highest BCUT2D eigenvalue weighted by molar-refractivity contribution is 5.77. The zero-order chi connectivity index (χ0) is 17.1. The van der Waals surface area contributed by atoms with Crippen molar-refractivity contribution >= 4 is 11.7 Å². The van der Waals surface area contributed by atoms with Gasteiger partial charge in [0.2, 0.25) is 0 Å². The summed E-state index contributed by atoms with van der Waals surface area (Å²) in [6, 6.07) is 0.607. The fraction of sp³-hybridized carbons (Fsp3) is 0.667. The van der Waals surface area contributed by atoms with E-state index in [2.05, 4.69) is 22.8 Å². The maximum atomic E-state index is 12.4. The molecule has 0 radical (unpaired) electrons. The molecule has 1 aromatic rings. The van der Waals surface area contributed by atoms with Gasteiger partial charge >= 0.3 is 6.09 Å². The number of carbonyl (C=O) groups is 1. The highest BCUT2D eigenvalue weighted by Gasteiger charge is 2.50. The lowest BCUT2D eigenvalue weighted by Crippen LogP contribution is -2.40. The predicted molar refractivity (Wildman–Crippen MR) is 89.6 cm³/mol. The second-order valence-electron chi connectivity index (χ2n) is 8.01. The Morgan fingerprint density at radius 3 is 2.75 bits per heavy atom. The maximum absolute atomic E-state index is 12.4. The van der Waals surface area contributed by atoms with Crippen LogP contribution in [0.25, 0.3) is 5.57 Å². The Kier molecular flexibility index (Phi) is 3.49. The van der Waals surface area contributed by atoms with E-state index in [0.29, 0.717) is 18.5 Å². The van der Waals surface area contributed by atoms with Crippen LogP contribution < -0.4 is 0 Å². The van der Waals surface area contributed by atoms with Gasteiger partial charge in [-0.3, -0.25) is 4.68 Å². The minimum atomic E-state index is -0.453. The van der Waals surface area contributed by atoms with E-state index < -0.39 is 5.60 Å². The summed E-state index contributed by atoms with van der Waals surface area (Å²) >= 11 is 0. The van der Waals surface area contributed by atoms with Crippen molar-refractivity contribution in [3.63, 3.8) is 0 Å². The van der Waals surface area contributed by atoms with Gasteiger partial charge in [-0.1, -0.05) is 6.08 Å². The molecule has 1 amide bonds. The lowest BCUT2D eigenvalue weighted by atomic mass is 10.0. The first kappa shape index (κ1) is 15.7. The van der Waals surface area contributed by atoms with Crippen LogP contribution in [0.5, 0.6) is 0 Å². The molecule has 0 N–H and O–H groups in total. The average molecular weight is 331 g/mol. The van der Waals surface area contributed by atoms with Gasteiger partial charge in [0.25, 0.3) is 0 Å². The van der Waals surface area contributed by atoms with Crippen LogP contribution in [0, 0.1) is 12.8 Å². The van der Waals surface area contributed by atoms with Crippen molar-refractivity contribution in [2.75, 3.05) is 19.8 Å². The minimum Gasteiger partial charge on any atom is -0.444 e. The summed E-state index contributed by atoms with van der Waals surface area (Å²) in [7, 11) is 0. The molecule has 4 rings (SSSR count). The number of aromatic nitrogens is 2. The molecule has 1 saturated heterocycles. The first-order valence-electron chi connectivity index (χ1n) is 8.67. The van der Waals surface area contributed by atoms with Crippen molar-refractivity contribution in [1.82, 2.24) is 14.7 Å². The van der Waals surface area contributed by atoms with E-state index in [1.165, 1.54) is 16.8 Å². The lowest BCUT2D eigenvalue weighted by molar-refractivity contribution is -0.0290. The van der Waals surface area contributed by atoms with Gasteiger partial charge in [0.1, 0.15) is 5.60 Å². The Morgan fingerprint density at radius 2 is 2.12 bits per heavy atom. The number of hydrogen-bond acceptors (Lipinski definition) is 4. The summed E-state index contributed by atoms with van der Waals surface area (Å²) in [5.74, 6) is 0.404. The second kappa shape index (κ2) is 5.34. The highest BCUT2D eigenvalue weighted by Crippen LogP contribution is 2.49. The van der Waals surface area contributed by atoms with E-state index >= 15 is 0 Å².